The summed E-state index contributed by atoms with van der Waals surface area (Å²) in [7, 11) is -3.36. The molecular formula is C12H24N2O2S2. The minimum Gasteiger partial charge on any atom is -0.392 e. The predicted molar refractivity (Wildman–Crippen MR) is 78.9 cm³/mol. The topological polar surface area (TPSA) is 63.4 Å². The van der Waals surface area contributed by atoms with Crippen molar-refractivity contribution in [1.29, 1.82) is 0 Å². The minimum atomic E-state index is -3.36. The molecule has 0 amide bonds. The van der Waals surface area contributed by atoms with E-state index < -0.39 is 15.3 Å². The van der Waals surface area contributed by atoms with Crippen LogP contribution in [-0.4, -0.2) is 36.1 Å². The lowest BCUT2D eigenvalue weighted by molar-refractivity contribution is 0.226. The first-order valence-corrected chi connectivity index (χ1v) is 8.50. The van der Waals surface area contributed by atoms with Crippen molar-refractivity contribution >= 4 is 27.2 Å². The third kappa shape index (κ3) is 3.42. The molecule has 0 saturated carbocycles. The zero-order chi connectivity index (χ0) is 13.9. The van der Waals surface area contributed by atoms with Gasteiger partial charge in [0.15, 0.2) is 0 Å². The van der Waals surface area contributed by atoms with Gasteiger partial charge in [-0.15, -0.1) is 0 Å². The minimum absolute atomic E-state index is 0.0866. The molecule has 6 heteroatoms. The summed E-state index contributed by atoms with van der Waals surface area (Å²) >= 11 is 4.87. The molecule has 0 aromatic carbocycles. The highest BCUT2D eigenvalue weighted by Gasteiger charge is 2.35. The Balaban J connectivity index is 2.74. The fraction of sp³-hybridized carbons (Fsp3) is 0.917. The van der Waals surface area contributed by atoms with Gasteiger partial charge in [-0.3, -0.25) is 0 Å². The standard InChI is InChI=1S/C12H24N2O2S2/c1-4-11(12(13)17)18(15,16)14-7-5-10(6-8-14)9(2)3/h9-11H,4-8H2,1-3H3,(H2,13,17). The van der Waals surface area contributed by atoms with E-state index in [2.05, 4.69) is 13.8 Å². The number of hydrogen-bond donors (Lipinski definition) is 1. The van der Waals surface area contributed by atoms with Crippen molar-refractivity contribution in [2.45, 2.75) is 45.3 Å². The van der Waals surface area contributed by atoms with E-state index in [0.717, 1.165) is 12.8 Å². The maximum atomic E-state index is 12.4. The Kier molecular flexibility index (Phi) is 5.55. The molecule has 0 aliphatic carbocycles. The molecule has 106 valence electrons. The quantitative estimate of drug-likeness (QED) is 0.784. The van der Waals surface area contributed by atoms with Crippen LogP contribution in [-0.2, 0) is 10.0 Å². The van der Waals surface area contributed by atoms with Crippen LogP contribution in [0, 0.1) is 11.8 Å². The van der Waals surface area contributed by atoms with Crippen molar-refractivity contribution in [3.63, 3.8) is 0 Å². The molecule has 1 unspecified atom stereocenters. The molecule has 0 radical (unpaired) electrons. The second-order valence-corrected chi connectivity index (χ2v) is 7.91. The van der Waals surface area contributed by atoms with Gasteiger partial charge >= 0.3 is 0 Å². The summed E-state index contributed by atoms with van der Waals surface area (Å²) in [6.45, 7) is 7.40. The van der Waals surface area contributed by atoms with E-state index in [9.17, 15) is 8.42 Å². The van der Waals surface area contributed by atoms with Gasteiger partial charge in [0.1, 0.15) is 5.25 Å². The lowest BCUT2D eigenvalue weighted by atomic mass is 9.87. The number of nitrogens with two attached hydrogens (primary N) is 1. The first kappa shape index (κ1) is 15.9. The van der Waals surface area contributed by atoms with Gasteiger partial charge in [0, 0.05) is 13.1 Å². The summed E-state index contributed by atoms with van der Waals surface area (Å²) in [5.74, 6) is 1.24. The monoisotopic (exact) mass is 292 g/mol. The Labute approximate surface area is 116 Å². The van der Waals surface area contributed by atoms with Crippen molar-refractivity contribution in [3.8, 4) is 0 Å². The van der Waals surface area contributed by atoms with E-state index in [4.69, 9.17) is 18.0 Å². The number of piperidine rings is 1. The molecule has 0 bridgehead atoms. The molecule has 1 aliphatic rings. The van der Waals surface area contributed by atoms with Crippen molar-refractivity contribution in [3.05, 3.63) is 0 Å². The molecule has 1 rings (SSSR count). The van der Waals surface area contributed by atoms with Gasteiger partial charge in [-0.05, 0) is 31.1 Å². The molecule has 0 spiro atoms. The number of hydrogen-bond acceptors (Lipinski definition) is 3. The summed E-state index contributed by atoms with van der Waals surface area (Å²) in [5, 5.41) is -0.705. The van der Waals surface area contributed by atoms with Gasteiger partial charge in [0.05, 0.1) is 4.99 Å². The second kappa shape index (κ2) is 6.30. The molecule has 0 aromatic heterocycles. The average molecular weight is 292 g/mol. The highest BCUT2D eigenvalue weighted by atomic mass is 32.2. The number of sulfonamides is 1. The van der Waals surface area contributed by atoms with Crippen LogP contribution >= 0.6 is 12.2 Å². The fourth-order valence-corrected chi connectivity index (χ4v) is 4.86. The van der Waals surface area contributed by atoms with Gasteiger partial charge < -0.3 is 5.73 Å². The first-order valence-electron chi connectivity index (χ1n) is 6.59. The van der Waals surface area contributed by atoms with Crippen LogP contribution in [0.1, 0.15) is 40.0 Å². The van der Waals surface area contributed by atoms with Crippen LogP contribution in [0.3, 0.4) is 0 Å². The molecular weight excluding hydrogens is 268 g/mol. The van der Waals surface area contributed by atoms with Crippen molar-refractivity contribution in [2.24, 2.45) is 17.6 Å². The highest BCUT2D eigenvalue weighted by molar-refractivity contribution is 7.92. The predicted octanol–water partition coefficient (Wildman–Crippen LogP) is 1.75. The van der Waals surface area contributed by atoms with E-state index in [0.29, 0.717) is 31.3 Å². The van der Waals surface area contributed by atoms with Gasteiger partial charge in [0.25, 0.3) is 0 Å². The third-order valence-electron chi connectivity index (χ3n) is 3.85. The van der Waals surface area contributed by atoms with E-state index in [1.165, 1.54) is 0 Å². The molecule has 1 atom stereocenters. The Bertz CT molecular complexity index is 385. The van der Waals surface area contributed by atoms with Crippen LogP contribution in [0.15, 0.2) is 0 Å². The van der Waals surface area contributed by atoms with E-state index >= 15 is 0 Å². The Morgan fingerprint density at radius 3 is 2.22 bits per heavy atom. The zero-order valence-electron chi connectivity index (χ0n) is 11.4. The third-order valence-corrected chi connectivity index (χ3v) is 6.67. The molecule has 1 heterocycles. The first-order chi connectivity index (χ1) is 8.30. The van der Waals surface area contributed by atoms with Gasteiger partial charge in [-0.2, -0.15) is 0 Å². The molecule has 2 N–H and O–H groups in total. The number of thiocarbonyl (C=S) groups is 1. The van der Waals surface area contributed by atoms with Crippen LogP contribution in [0.4, 0.5) is 0 Å². The summed E-state index contributed by atoms with van der Waals surface area (Å²) < 4.78 is 26.4. The molecule has 1 fully saturated rings. The molecule has 18 heavy (non-hydrogen) atoms. The number of nitrogens with zero attached hydrogens (tertiary/aromatic N) is 1. The Hall–Kier alpha value is -0.200. The SMILES string of the molecule is CCC(C(N)=S)S(=O)(=O)N1CCC(C(C)C)CC1. The van der Waals surface area contributed by atoms with Crippen molar-refractivity contribution in [1.82, 2.24) is 4.31 Å². The van der Waals surface area contributed by atoms with Crippen molar-refractivity contribution < 1.29 is 8.42 Å². The summed E-state index contributed by atoms with van der Waals surface area (Å²) in [6, 6.07) is 0. The molecule has 1 aliphatic heterocycles. The van der Waals surface area contributed by atoms with Crippen LogP contribution in [0.2, 0.25) is 0 Å². The fourth-order valence-electron chi connectivity index (χ4n) is 2.54. The molecule has 1 saturated heterocycles. The highest BCUT2D eigenvalue weighted by Crippen LogP contribution is 2.27. The summed E-state index contributed by atoms with van der Waals surface area (Å²) in [5.41, 5.74) is 5.54. The van der Waals surface area contributed by atoms with E-state index in [1.54, 1.807) is 4.31 Å². The smallest absolute Gasteiger partial charge is 0.223 e. The van der Waals surface area contributed by atoms with Crippen LogP contribution < -0.4 is 5.73 Å². The van der Waals surface area contributed by atoms with Crippen molar-refractivity contribution in [2.75, 3.05) is 13.1 Å². The Morgan fingerprint density at radius 1 is 1.39 bits per heavy atom. The average Bonchev–Trinajstić information content (AvgIpc) is 2.29. The normalized spacial score (nSPS) is 21.1. The largest absolute Gasteiger partial charge is 0.392 e. The van der Waals surface area contributed by atoms with E-state index in [-0.39, 0.29) is 4.99 Å². The van der Waals surface area contributed by atoms with E-state index in [1.807, 2.05) is 6.92 Å². The Morgan fingerprint density at radius 2 is 1.89 bits per heavy atom. The van der Waals surface area contributed by atoms with Gasteiger partial charge in [-0.1, -0.05) is 33.0 Å². The van der Waals surface area contributed by atoms with Crippen LogP contribution in [0.25, 0.3) is 0 Å². The summed E-state index contributed by atoms with van der Waals surface area (Å²) in [6.07, 6.45) is 2.32. The van der Waals surface area contributed by atoms with Gasteiger partial charge in [-0.25, -0.2) is 12.7 Å². The lowest BCUT2D eigenvalue weighted by Crippen LogP contribution is -2.47. The molecule has 0 aromatic rings. The summed E-state index contributed by atoms with van der Waals surface area (Å²) in [4.78, 5) is 0.0866. The van der Waals surface area contributed by atoms with Gasteiger partial charge in [0.2, 0.25) is 10.0 Å². The maximum Gasteiger partial charge on any atom is 0.223 e. The second-order valence-electron chi connectivity index (χ2n) is 5.32. The maximum absolute atomic E-state index is 12.4. The lowest BCUT2D eigenvalue weighted by Gasteiger charge is -2.34. The van der Waals surface area contributed by atoms with Crippen LogP contribution in [0.5, 0.6) is 0 Å². The zero-order valence-corrected chi connectivity index (χ0v) is 13.1. The molecule has 4 nitrogen and oxygen atoms in total. The number of rotatable bonds is 5.